The van der Waals surface area contributed by atoms with E-state index in [9.17, 15) is 4.79 Å². The van der Waals surface area contributed by atoms with E-state index < -0.39 is 0 Å². The molecule has 0 aliphatic heterocycles. The Morgan fingerprint density at radius 2 is 2.33 bits per heavy atom. The normalized spacial score (nSPS) is 10.1. The van der Waals surface area contributed by atoms with Crippen molar-refractivity contribution in [2.75, 3.05) is 7.11 Å². The topological polar surface area (TPSA) is 69.0 Å². The van der Waals surface area contributed by atoms with Crippen LogP contribution in [0.25, 0.3) is 5.69 Å². The number of methoxy groups -OCH3 is 1. The smallest absolute Gasteiger partial charge is 0.217 e. The highest BCUT2D eigenvalue weighted by Crippen LogP contribution is 2.15. The number of nitrogens with one attached hydrogen (secondary N) is 1. The van der Waals surface area contributed by atoms with Gasteiger partial charge in [-0.15, -0.1) is 5.10 Å². The maximum Gasteiger partial charge on any atom is 0.217 e. The van der Waals surface area contributed by atoms with E-state index in [-0.39, 0.29) is 5.91 Å². The molecule has 1 aromatic carbocycles. The standard InChI is InChI=1S/C12H14N4O2/c1-9(17)13-7-10-8-16(15-14-10)11-4-3-5-12(6-11)18-2/h3-6,8H,7H2,1-2H3,(H,13,17). The van der Waals surface area contributed by atoms with Crippen LogP contribution in [0.3, 0.4) is 0 Å². The third-order valence-electron chi connectivity index (χ3n) is 2.38. The number of hydrogen-bond acceptors (Lipinski definition) is 4. The summed E-state index contributed by atoms with van der Waals surface area (Å²) in [7, 11) is 1.61. The van der Waals surface area contributed by atoms with Gasteiger partial charge in [0.05, 0.1) is 25.5 Å². The van der Waals surface area contributed by atoms with Gasteiger partial charge in [-0.25, -0.2) is 4.68 Å². The summed E-state index contributed by atoms with van der Waals surface area (Å²) in [6, 6.07) is 7.50. The van der Waals surface area contributed by atoms with E-state index in [0.29, 0.717) is 12.2 Å². The molecule has 18 heavy (non-hydrogen) atoms. The van der Waals surface area contributed by atoms with E-state index in [2.05, 4.69) is 15.6 Å². The first-order valence-electron chi connectivity index (χ1n) is 5.49. The minimum Gasteiger partial charge on any atom is -0.497 e. The van der Waals surface area contributed by atoms with Gasteiger partial charge in [-0.1, -0.05) is 11.3 Å². The predicted octanol–water partition coefficient (Wildman–Crippen LogP) is 0.912. The molecule has 0 aliphatic carbocycles. The lowest BCUT2D eigenvalue weighted by molar-refractivity contribution is -0.119. The van der Waals surface area contributed by atoms with Gasteiger partial charge >= 0.3 is 0 Å². The van der Waals surface area contributed by atoms with Gasteiger partial charge in [0, 0.05) is 13.0 Å². The Morgan fingerprint density at radius 3 is 3.06 bits per heavy atom. The lowest BCUT2D eigenvalue weighted by atomic mass is 10.3. The summed E-state index contributed by atoms with van der Waals surface area (Å²) in [5, 5.41) is 10.6. The average molecular weight is 246 g/mol. The molecule has 1 amide bonds. The first kappa shape index (κ1) is 12.1. The zero-order valence-electron chi connectivity index (χ0n) is 10.3. The maximum absolute atomic E-state index is 10.8. The van der Waals surface area contributed by atoms with Crippen molar-refractivity contribution in [3.63, 3.8) is 0 Å². The number of amides is 1. The molecule has 1 heterocycles. The van der Waals surface area contributed by atoms with Crippen LogP contribution in [-0.2, 0) is 11.3 Å². The van der Waals surface area contributed by atoms with Gasteiger partial charge in [0.2, 0.25) is 5.91 Å². The fraction of sp³-hybridized carbons (Fsp3) is 0.250. The Bertz CT molecular complexity index is 551. The van der Waals surface area contributed by atoms with Gasteiger partial charge in [-0.3, -0.25) is 4.79 Å². The van der Waals surface area contributed by atoms with Gasteiger partial charge in [0.1, 0.15) is 11.4 Å². The summed E-state index contributed by atoms with van der Waals surface area (Å²) in [6.45, 7) is 1.84. The lowest BCUT2D eigenvalue weighted by Crippen LogP contribution is -2.19. The molecule has 0 spiro atoms. The van der Waals surface area contributed by atoms with E-state index in [1.165, 1.54) is 6.92 Å². The average Bonchev–Trinajstić information content (AvgIpc) is 2.85. The lowest BCUT2D eigenvalue weighted by Gasteiger charge is -2.03. The summed E-state index contributed by atoms with van der Waals surface area (Å²) in [5.41, 5.74) is 1.56. The fourth-order valence-corrected chi connectivity index (χ4v) is 1.47. The second kappa shape index (κ2) is 5.31. The molecule has 94 valence electrons. The number of nitrogens with zero attached hydrogens (tertiary/aromatic N) is 3. The van der Waals surface area contributed by atoms with Crippen molar-refractivity contribution in [1.82, 2.24) is 20.3 Å². The molecule has 0 fully saturated rings. The molecule has 0 saturated heterocycles. The van der Waals surface area contributed by atoms with Crippen LogP contribution in [0.5, 0.6) is 5.75 Å². The highest BCUT2D eigenvalue weighted by Gasteiger charge is 2.04. The first-order chi connectivity index (χ1) is 8.69. The molecule has 0 aliphatic rings. The van der Waals surface area contributed by atoms with E-state index in [1.54, 1.807) is 18.0 Å². The molecule has 6 heteroatoms. The largest absolute Gasteiger partial charge is 0.497 e. The van der Waals surface area contributed by atoms with Crippen LogP contribution >= 0.6 is 0 Å². The van der Waals surface area contributed by atoms with E-state index in [4.69, 9.17) is 4.74 Å². The molecule has 0 saturated carbocycles. The van der Waals surface area contributed by atoms with Crippen LogP contribution < -0.4 is 10.1 Å². The van der Waals surface area contributed by atoms with Crippen molar-refractivity contribution in [3.05, 3.63) is 36.2 Å². The number of rotatable bonds is 4. The minimum absolute atomic E-state index is 0.0917. The Balaban J connectivity index is 2.15. The number of aromatic nitrogens is 3. The summed E-state index contributed by atoms with van der Waals surface area (Å²) >= 11 is 0. The quantitative estimate of drug-likeness (QED) is 0.870. The Kier molecular flexibility index (Phi) is 3.57. The van der Waals surface area contributed by atoms with Crippen LogP contribution in [0, 0.1) is 0 Å². The predicted molar refractivity (Wildman–Crippen MR) is 65.4 cm³/mol. The molecule has 1 N–H and O–H groups in total. The molecular formula is C12H14N4O2. The van der Waals surface area contributed by atoms with Gasteiger partial charge in [-0.2, -0.15) is 0 Å². The van der Waals surface area contributed by atoms with Crippen LogP contribution in [0.2, 0.25) is 0 Å². The Morgan fingerprint density at radius 1 is 1.50 bits per heavy atom. The van der Waals surface area contributed by atoms with Crippen LogP contribution in [0.4, 0.5) is 0 Å². The zero-order valence-corrected chi connectivity index (χ0v) is 10.3. The van der Waals surface area contributed by atoms with Crippen LogP contribution in [-0.4, -0.2) is 28.0 Å². The maximum atomic E-state index is 10.8. The van der Waals surface area contributed by atoms with Crippen molar-refractivity contribution in [2.45, 2.75) is 13.5 Å². The number of benzene rings is 1. The molecule has 0 unspecified atom stereocenters. The van der Waals surface area contributed by atoms with E-state index in [0.717, 1.165) is 11.4 Å². The molecule has 0 atom stereocenters. The summed E-state index contributed by atoms with van der Waals surface area (Å²) in [5.74, 6) is 0.664. The Hall–Kier alpha value is -2.37. The van der Waals surface area contributed by atoms with Gasteiger partial charge in [-0.05, 0) is 12.1 Å². The van der Waals surface area contributed by atoms with Gasteiger partial charge in [0.25, 0.3) is 0 Å². The molecular weight excluding hydrogens is 232 g/mol. The molecule has 0 radical (unpaired) electrons. The Labute approximate surface area is 105 Å². The fourth-order valence-electron chi connectivity index (χ4n) is 1.47. The number of carbonyl (C=O) groups is 1. The van der Waals surface area contributed by atoms with Crippen molar-refractivity contribution >= 4 is 5.91 Å². The summed E-state index contributed by atoms with van der Waals surface area (Å²) in [6.07, 6.45) is 1.77. The van der Waals surface area contributed by atoms with Crippen molar-refractivity contribution in [2.24, 2.45) is 0 Å². The van der Waals surface area contributed by atoms with Crippen LogP contribution in [0.15, 0.2) is 30.5 Å². The molecule has 2 aromatic rings. The molecule has 2 rings (SSSR count). The van der Waals surface area contributed by atoms with Crippen molar-refractivity contribution in [3.8, 4) is 11.4 Å². The van der Waals surface area contributed by atoms with Gasteiger partial charge in [0.15, 0.2) is 0 Å². The second-order valence-electron chi connectivity index (χ2n) is 3.77. The summed E-state index contributed by atoms with van der Waals surface area (Å²) in [4.78, 5) is 10.8. The third kappa shape index (κ3) is 2.85. The highest BCUT2D eigenvalue weighted by atomic mass is 16.5. The zero-order chi connectivity index (χ0) is 13.0. The SMILES string of the molecule is COc1cccc(-n2cc(CNC(C)=O)nn2)c1. The summed E-state index contributed by atoms with van der Waals surface area (Å²) < 4.78 is 6.78. The minimum atomic E-state index is -0.0917. The van der Waals surface area contributed by atoms with E-state index >= 15 is 0 Å². The van der Waals surface area contributed by atoms with E-state index in [1.807, 2.05) is 24.3 Å². The van der Waals surface area contributed by atoms with Crippen molar-refractivity contribution in [1.29, 1.82) is 0 Å². The van der Waals surface area contributed by atoms with Gasteiger partial charge < -0.3 is 10.1 Å². The molecule has 1 aromatic heterocycles. The monoisotopic (exact) mass is 246 g/mol. The number of ether oxygens (including phenoxy) is 1. The van der Waals surface area contributed by atoms with Crippen LogP contribution in [0.1, 0.15) is 12.6 Å². The molecule has 6 nitrogen and oxygen atoms in total. The molecule has 0 bridgehead atoms. The van der Waals surface area contributed by atoms with Crippen molar-refractivity contribution < 1.29 is 9.53 Å². The third-order valence-corrected chi connectivity index (χ3v) is 2.38. The number of hydrogen-bond donors (Lipinski definition) is 1. The highest BCUT2D eigenvalue weighted by molar-refractivity contribution is 5.72. The second-order valence-corrected chi connectivity index (χ2v) is 3.77. The first-order valence-corrected chi connectivity index (χ1v) is 5.49. The number of carbonyl (C=O) groups excluding carboxylic acids is 1.